The van der Waals surface area contributed by atoms with Crippen molar-refractivity contribution in [3.63, 3.8) is 0 Å². The molecule has 138 valence electrons. The third-order valence-corrected chi connectivity index (χ3v) is 5.05. The number of benzene rings is 1. The fourth-order valence-electron chi connectivity index (χ4n) is 3.62. The van der Waals surface area contributed by atoms with Crippen molar-refractivity contribution in [2.24, 2.45) is 0 Å². The Morgan fingerprint density at radius 1 is 1.31 bits per heavy atom. The molecule has 2 heterocycles. The molecule has 1 saturated heterocycles. The lowest BCUT2D eigenvalue weighted by atomic mass is 10.1. The molecule has 1 aliphatic rings. The van der Waals surface area contributed by atoms with Gasteiger partial charge in [0.1, 0.15) is 11.8 Å². The number of rotatable bonds is 6. The van der Waals surface area contributed by atoms with E-state index >= 15 is 0 Å². The van der Waals surface area contributed by atoms with Crippen molar-refractivity contribution in [1.29, 1.82) is 0 Å². The Bertz CT molecular complexity index is 765. The normalized spacial score (nSPS) is 17.0. The van der Waals surface area contributed by atoms with E-state index in [0.29, 0.717) is 32.4 Å². The minimum absolute atomic E-state index is 0.000705. The molecule has 0 radical (unpaired) electrons. The highest BCUT2D eigenvalue weighted by Gasteiger charge is 2.38. The first-order chi connectivity index (χ1) is 12.5. The third-order valence-electron chi connectivity index (χ3n) is 5.05. The molecule has 1 aromatic carbocycles. The van der Waals surface area contributed by atoms with Gasteiger partial charge in [0.2, 0.25) is 11.8 Å². The zero-order valence-corrected chi connectivity index (χ0v) is 15.6. The zero-order valence-electron chi connectivity index (χ0n) is 15.6. The Hall–Kier alpha value is -2.63. The van der Waals surface area contributed by atoms with Crippen LogP contribution in [-0.4, -0.2) is 41.0 Å². The Balaban J connectivity index is 1.67. The van der Waals surface area contributed by atoms with E-state index < -0.39 is 0 Å². The molecule has 3 rings (SSSR count). The number of aryl methyl sites for hydroxylation is 2. The maximum absolute atomic E-state index is 12.9. The summed E-state index contributed by atoms with van der Waals surface area (Å²) in [5, 5.41) is 3.93. The highest BCUT2D eigenvalue weighted by atomic mass is 16.5. The van der Waals surface area contributed by atoms with Gasteiger partial charge in [0.15, 0.2) is 0 Å². The summed E-state index contributed by atoms with van der Waals surface area (Å²) in [6.45, 7) is 6.83. The van der Waals surface area contributed by atoms with Crippen molar-refractivity contribution in [3.8, 4) is 0 Å². The number of amides is 2. The molecule has 2 aromatic rings. The van der Waals surface area contributed by atoms with Gasteiger partial charge < -0.3 is 14.3 Å². The second-order valence-corrected chi connectivity index (χ2v) is 6.61. The summed E-state index contributed by atoms with van der Waals surface area (Å²) in [4.78, 5) is 29.1. The largest absolute Gasteiger partial charge is 0.361 e. The number of para-hydroxylation sites is 1. The van der Waals surface area contributed by atoms with Crippen LogP contribution in [0.5, 0.6) is 0 Å². The van der Waals surface area contributed by atoms with Crippen LogP contribution in [0, 0.1) is 13.8 Å². The minimum atomic E-state index is -0.377. The van der Waals surface area contributed by atoms with E-state index in [1.54, 1.807) is 9.80 Å². The molecule has 1 aromatic heterocycles. The van der Waals surface area contributed by atoms with E-state index in [0.717, 1.165) is 22.7 Å². The molecule has 0 spiro atoms. The SMILES string of the molecule is CCN(C(=O)CCc1c(C)noc1C)C1CCN(c2ccccc2)C1=O. The monoisotopic (exact) mass is 355 g/mol. The van der Waals surface area contributed by atoms with Crippen molar-refractivity contribution >= 4 is 17.5 Å². The number of hydrogen-bond donors (Lipinski definition) is 0. The number of anilines is 1. The van der Waals surface area contributed by atoms with Gasteiger partial charge in [-0.05, 0) is 45.7 Å². The minimum Gasteiger partial charge on any atom is -0.361 e. The summed E-state index contributed by atoms with van der Waals surface area (Å²) in [6.07, 6.45) is 1.60. The predicted molar refractivity (Wildman–Crippen MR) is 98.9 cm³/mol. The van der Waals surface area contributed by atoms with Gasteiger partial charge in [-0.3, -0.25) is 9.59 Å². The Kier molecular flexibility index (Phi) is 5.40. The lowest BCUT2D eigenvalue weighted by Gasteiger charge is -2.27. The number of hydrogen-bond acceptors (Lipinski definition) is 4. The summed E-state index contributed by atoms with van der Waals surface area (Å²) in [5.74, 6) is 0.759. The molecule has 1 unspecified atom stereocenters. The van der Waals surface area contributed by atoms with Crippen LogP contribution in [0.3, 0.4) is 0 Å². The second-order valence-electron chi connectivity index (χ2n) is 6.61. The first-order valence-electron chi connectivity index (χ1n) is 9.10. The van der Waals surface area contributed by atoms with Gasteiger partial charge in [-0.25, -0.2) is 0 Å². The lowest BCUT2D eigenvalue weighted by molar-refractivity contribution is -0.138. The molecular formula is C20H25N3O3. The van der Waals surface area contributed by atoms with Crippen molar-refractivity contribution < 1.29 is 14.1 Å². The van der Waals surface area contributed by atoms with Gasteiger partial charge in [-0.1, -0.05) is 23.4 Å². The molecule has 1 fully saturated rings. The highest BCUT2D eigenvalue weighted by Crippen LogP contribution is 2.25. The van der Waals surface area contributed by atoms with Crippen LogP contribution in [0.25, 0.3) is 0 Å². The summed E-state index contributed by atoms with van der Waals surface area (Å²) in [6, 6.07) is 9.24. The number of aromatic nitrogens is 1. The van der Waals surface area contributed by atoms with Crippen LogP contribution in [0.1, 0.15) is 36.8 Å². The molecule has 0 saturated carbocycles. The zero-order chi connectivity index (χ0) is 18.7. The van der Waals surface area contributed by atoms with E-state index in [-0.39, 0.29) is 17.9 Å². The average molecular weight is 355 g/mol. The van der Waals surface area contributed by atoms with E-state index in [2.05, 4.69) is 5.16 Å². The van der Waals surface area contributed by atoms with Crippen molar-refractivity contribution in [3.05, 3.63) is 47.3 Å². The summed E-state index contributed by atoms with van der Waals surface area (Å²) < 4.78 is 5.16. The average Bonchev–Trinajstić information content (AvgIpc) is 3.18. The van der Waals surface area contributed by atoms with Crippen LogP contribution in [0.2, 0.25) is 0 Å². The number of nitrogens with zero attached hydrogens (tertiary/aromatic N) is 3. The topological polar surface area (TPSA) is 66.7 Å². The van der Waals surface area contributed by atoms with Crippen LogP contribution in [0.4, 0.5) is 5.69 Å². The summed E-state index contributed by atoms with van der Waals surface area (Å²) in [7, 11) is 0. The Labute approximate surface area is 153 Å². The second kappa shape index (κ2) is 7.72. The van der Waals surface area contributed by atoms with Gasteiger partial charge in [-0.2, -0.15) is 0 Å². The maximum atomic E-state index is 12.9. The van der Waals surface area contributed by atoms with E-state index in [4.69, 9.17) is 4.52 Å². The smallest absolute Gasteiger partial charge is 0.249 e. The van der Waals surface area contributed by atoms with Gasteiger partial charge in [0.25, 0.3) is 0 Å². The Morgan fingerprint density at radius 3 is 2.65 bits per heavy atom. The van der Waals surface area contributed by atoms with Crippen LogP contribution < -0.4 is 4.90 Å². The van der Waals surface area contributed by atoms with Gasteiger partial charge in [0.05, 0.1) is 5.69 Å². The van der Waals surface area contributed by atoms with E-state index in [1.165, 1.54) is 0 Å². The predicted octanol–water partition coefficient (Wildman–Crippen LogP) is 2.88. The fraction of sp³-hybridized carbons (Fsp3) is 0.450. The van der Waals surface area contributed by atoms with Crippen molar-refractivity contribution in [2.75, 3.05) is 18.0 Å². The molecule has 2 amide bonds. The van der Waals surface area contributed by atoms with Crippen molar-refractivity contribution in [1.82, 2.24) is 10.1 Å². The molecule has 6 nitrogen and oxygen atoms in total. The lowest BCUT2D eigenvalue weighted by Crippen LogP contribution is -2.45. The molecule has 0 bridgehead atoms. The molecular weight excluding hydrogens is 330 g/mol. The molecule has 26 heavy (non-hydrogen) atoms. The van der Waals surface area contributed by atoms with Crippen LogP contribution >= 0.6 is 0 Å². The van der Waals surface area contributed by atoms with Gasteiger partial charge >= 0.3 is 0 Å². The quantitative estimate of drug-likeness (QED) is 0.799. The van der Waals surface area contributed by atoms with E-state index in [1.807, 2.05) is 51.1 Å². The molecule has 6 heteroatoms. The molecule has 1 aliphatic heterocycles. The van der Waals surface area contributed by atoms with Crippen LogP contribution in [-0.2, 0) is 16.0 Å². The highest BCUT2D eigenvalue weighted by molar-refractivity contribution is 6.01. The first-order valence-corrected chi connectivity index (χ1v) is 9.10. The standard InChI is InChI=1S/C20H25N3O3/c1-4-22(19(24)11-10-17-14(2)21-26-15(17)3)18-12-13-23(20(18)25)16-8-6-5-7-9-16/h5-9,18H,4,10-13H2,1-3H3. The van der Waals surface area contributed by atoms with Gasteiger partial charge in [-0.15, -0.1) is 0 Å². The van der Waals surface area contributed by atoms with E-state index in [9.17, 15) is 9.59 Å². The first kappa shape index (κ1) is 18.2. The molecule has 0 N–H and O–H groups in total. The Morgan fingerprint density at radius 2 is 2.04 bits per heavy atom. The number of likely N-dealkylation sites (N-methyl/N-ethyl adjacent to an activating group) is 1. The van der Waals surface area contributed by atoms with Crippen molar-refractivity contribution in [2.45, 2.75) is 46.1 Å². The maximum Gasteiger partial charge on any atom is 0.249 e. The number of carbonyl (C=O) groups is 2. The van der Waals surface area contributed by atoms with Crippen LogP contribution in [0.15, 0.2) is 34.9 Å². The number of carbonyl (C=O) groups excluding carboxylic acids is 2. The fourth-order valence-corrected chi connectivity index (χ4v) is 3.62. The summed E-state index contributed by atoms with van der Waals surface area (Å²) in [5.41, 5.74) is 2.70. The summed E-state index contributed by atoms with van der Waals surface area (Å²) >= 11 is 0. The molecule has 1 atom stereocenters. The van der Waals surface area contributed by atoms with Gasteiger partial charge in [0, 0.05) is 30.8 Å². The molecule has 0 aliphatic carbocycles. The third kappa shape index (κ3) is 3.49.